The molecule has 0 amide bonds. The molecule has 246 valence electrons. The number of nitrogens with zero attached hydrogens (tertiary/aromatic N) is 4. The van der Waals surface area contributed by atoms with Gasteiger partial charge in [-0.2, -0.15) is 62.1 Å². The topological polar surface area (TPSA) is 22.2 Å². The van der Waals surface area contributed by atoms with Crippen LogP contribution in [0.5, 0.6) is 11.5 Å². The second-order valence-corrected chi connectivity index (χ2v) is 15.1. The van der Waals surface area contributed by atoms with Gasteiger partial charge < -0.3 is 24.3 Å². The Balaban J connectivity index is 0.00000364. The van der Waals surface area contributed by atoms with E-state index in [0.717, 1.165) is 64.4 Å². The number of hydrogen-bond acceptors (Lipinski definition) is 5. The summed E-state index contributed by atoms with van der Waals surface area (Å²) in [5.74, 6) is 1.72. The average Bonchev–Trinajstić information content (AvgIpc) is 3.67. The van der Waals surface area contributed by atoms with Gasteiger partial charge in [-0.05, 0) is 58.9 Å². The van der Waals surface area contributed by atoms with Crippen LogP contribution in [0.4, 0.5) is 11.4 Å². The van der Waals surface area contributed by atoms with Crippen LogP contribution >= 0.6 is 0 Å². The number of hydrogen-bond donors (Lipinski definition) is 0. The molecule has 8 bridgehead atoms. The fourth-order valence-corrected chi connectivity index (χ4v) is 7.27. The molecule has 0 aliphatic carbocycles. The van der Waals surface area contributed by atoms with Gasteiger partial charge in [-0.1, -0.05) is 65.8 Å². The first kappa shape index (κ1) is 32.6. The van der Waals surface area contributed by atoms with Crippen LogP contribution in [-0.4, -0.2) is 22.9 Å². The molecule has 0 N–H and O–H groups in total. The van der Waals surface area contributed by atoms with Gasteiger partial charge in [0.05, 0.1) is 0 Å². The summed E-state index contributed by atoms with van der Waals surface area (Å²) in [6.07, 6.45) is 9.77. The molecule has 4 aliphatic heterocycles. The molecular formula is C42H42N4OPt. The number of fused-ring (bicyclic) bond motifs is 16. The second kappa shape index (κ2) is 11.6. The van der Waals surface area contributed by atoms with Crippen molar-refractivity contribution >= 4 is 11.4 Å². The Kier molecular flexibility index (Phi) is 7.87. The minimum atomic E-state index is -0.766. The quantitative estimate of drug-likeness (QED) is 0.145. The maximum absolute atomic E-state index is 6.83. The van der Waals surface area contributed by atoms with Gasteiger partial charge in [0.25, 0.3) is 0 Å². The Morgan fingerprint density at radius 1 is 0.708 bits per heavy atom. The van der Waals surface area contributed by atoms with Crippen molar-refractivity contribution in [2.24, 2.45) is 0 Å². The minimum absolute atomic E-state index is 0. The molecule has 48 heavy (non-hydrogen) atoms. The van der Waals surface area contributed by atoms with Crippen LogP contribution in [0.25, 0.3) is 0 Å². The number of anilines is 2. The first-order valence-electron chi connectivity index (χ1n) is 16.6. The summed E-state index contributed by atoms with van der Waals surface area (Å²) < 4.78 is 6.83. The summed E-state index contributed by atoms with van der Waals surface area (Å²) in [7, 11) is 0. The average molecular weight is 814 g/mol. The molecule has 4 aliphatic rings. The van der Waals surface area contributed by atoms with Crippen molar-refractivity contribution in [2.75, 3.05) is 22.9 Å². The van der Waals surface area contributed by atoms with Crippen LogP contribution in [0, 0.1) is 25.0 Å². The summed E-state index contributed by atoms with van der Waals surface area (Å²) in [5.41, 5.74) is 7.96. The third-order valence-corrected chi connectivity index (χ3v) is 10.1. The van der Waals surface area contributed by atoms with Gasteiger partial charge in [0.1, 0.15) is 11.5 Å². The molecule has 0 unspecified atom stereocenters. The van der Waals surface area contributed by atoms with E-state index in [0.29, 0.717) is 0 Å². The standard InChI is InChI=1S/C42H42N4O.Pt/c1-29-44-20-18-43-19-21-45(28-43)34-12-8-10-32(24-34)42(33-11-9-13-35(25-33)46(29)23-22-44)36-26-30(40(2,3)4)14-16-38(36)47-39-17-15-31(27-37(39)42)41(5,6)7;/h8-17,19,21-23,26-28H,18,20H2,1-7H3;/q-4;+4. The van der Waals surface area contributed by atoms with Crippen LogP contribution in [0.2, 0.25) is 0 Å². The van der Waals surface area contributed by atoms with E-state index in [9.17, 15) is 0 Å². The largest absolute Gasteiger partial charge is 4.00 e. The van der Waals surface area contributed by atoms with Crippen molar-refractivity contribution in [3.63, 3.8) is 0 Å². The molecule has 4 aromatic rings. The Bertz CT molecular complexity index is 1870. The van der Waals surface area contributed by atoms with Gasteiger partial charge in [-0.25, -0.2) is 0 Å². The van der Waals surface area contributed by atoms with Gasteiger partial charge in [0.2, 0.25) is 0 Å². The molecule has 0 atom stereocenters. The smallest absolute Gasteiger partial charge is 0.507 e. The SMILES string of the molecule is C[C-]1N2C=CN1c1[c-]c(ccc1)C1(c3[c-]c(ccc3)N3C=CN([CH-]3)CC2)c2cc(C(C)(C)C)ccc2Oc2ccc(C(C)(C)C)cc21.[Pt+4]. The Morgan fingerprint density at radius 2 is 1.29 bits per heavy atom. The van der Waals surface area contributed by atoms with Crippen molar-refractivity contribution in [1.82, 2.24) is 9.80 Å². The number of rotatable bonds is 0. The molecule has 4 aromatic carbocycles. The van der Waals surface area contributed by atoms with Crippen molar-refractivity contribution in [1.29, 1.82) is 0 Å². The van der Waals surface area contributed by atoms with Gasteiger partial charge >= 0.3 is 21.1 Å². The van der Waals surface area contributed by atoms with E-state index >= 15 is 0 Å². The molecular weight excluding hydrogens is 772 g/mol. The summed E-state index contributed by atoms with van der Waals surface area (Å²) >= 11 is 0. The zero-order chi connectivity index (χ0) is 32.7. The second-order valence-electron chi connectivity index (χ2n) is 15.1. The fourth-order valence-electron chi connectivity index (χ4n) is 7.27. The minimum Gasteiger partial charge on any atom is -0.507 e. The predicted octanol–water partition coefficient (Wildman–Crippen LogP) is 9.20. The van der Waals surface area contributed by atoms with Gasteiger partial charge in [0, 0.05) is 29.6 Å². The maximum Gasteiger partial charge on any atom is 4.00 e. The van der Waals surface area contributed by atoms with E-state index < -0.39 is 5.41 Å². The van der Waals surface area contributed by atoms with Crippen LogP contribution in [0.3, 0.4) is 0 Å². The zero-order valence-electron chi connectivity index (χ0n) is 28.7. The number of ether oxygens (including phenoxy) is 1. The number of benzene rings is 4. The summed E-state index contributed by atoms with van der Waals surface area (Å²) in [5, 5.41) is 0. The maximum atomic E-state index is 6.83. The Morgan fingerprint density at radius 3 is 1.90 bits per heavy atom. The first-order chi connectivity index (χ1) is 22.4. The molecule has 0 radical (unpaired) electrons. The van der Waals surface area contributed by atoms with E-state index in [4.69, 9.17) is 4.74 Å². The molecule has 4 heterocycles. The van der Waals surface area contributed by atoms with Crippen LogP contribution in [-0.2, 0) is 37.3 Å². The zero-order valence-corrected chi connectivity index (χ0v) is 31.0. The summed E-state index contributed by atoms with van der Waals surface area (Å²) in [6.45, 7) is 19.7. The summed E-state index contributed by atoms with van der Waals surface area (Å²) in [6, 6.07) is 34.6. The normalized spacial score (nSPS) is 17.8. The van der Waals surface area contributed by atoms with Gasteiger partial charge in [-0.3, -0.25) is 0 Å². The van der Waals surface area contributed by atoms with E-state index in [1.807, 2.05) is 0 Å². The summed E-state index contributed by atoms with van der Waals surface area (Å²) in [4.78, 5) is 9.00. The van der Waals surface area contributed by atoms with Crippen molar-refractivity contribution in [3.05, 3.63) is 156 Å². The van der Waals surface area contributed by atoms with Crippen molar-refractivity contribution in [3.8, 4) is 11.5 Å². The fraction of sp³-hybridized carbons (Fsp3) is 0.286. The van der Waals surface area contributed by atoms with Crippen LogP contribution in [0.1, 0.15) is 81.8 Å². The van der Waals surface area contributed by atoms with Crippen LogP contribution < -0.4 is 14.5 Å². The van der Waals surface area contributed by atoms with E-state index in [-0.39, 0.29) is 31.9 Å². The molecule has 0 fully saturated rings. The van der Waals surface area contributed by atoms with E-state index in [1.165, 1.54) is 11.1 Å². The molecule has 0 aromatic heterocycles. The molecule has 8 rings (SSSR count). The van der Waals surface area contributed by atoms with Crippen LogP contribution in [0.15, 0.2) is 97.6 Å². The third kappa shape index (κ3) is 5.17. The third-order valence-electron chi connectivity index (χ3n) is 10.1. The monoisotopic (exact) mass is 813 g/mol. The van der Waals surface area contributed by atoms with Crippen molar-refractivity contribution in [2.45, 2.75) is 64.7 Å². The molecule has 1 spiro atoms. The Labute approximate surface area is 300 Å². The molecule has 5 nitrogen and oxygen atoms in total. The van der Waals surface area contributed by atoms with Gasteiger partial charge in [-0.15, -0.1) is 28.7 Å². The first-order valence-corrected chi connectivity index (χ1v) is 16.6. The predicted molar refractivity (Wildman–Crippen MR) is 190 cm³/mol. The molecule has 0 saturated carbocycles. The Hall–Kier alpha value is -3.95. The van der Waals surface area contributed by atoms with Crippen molar-refractivity contribution < 1.29 is 25.8 Å². The molecule has 6 heteroatoms. The molecule has 0 saturated heterocycles. The van der Waals surface area contributed by atoms with E-state index in [1.54, 1.807) is 0 Å². The van der Waals surface area contributed by atoms with E-state index in [2.05, 4.69) is 184 Å². The van der Waals surface area contributed by atoms with Gasteiger partial charge in [0.15, 0.2) is 0 Å².